The minimum absolute atomic E-state index is 0.367. The van der Waals surface area contributed by atoms with Gasteiger partial charge in [0.2, 0.25) is 0 Å². The van der Waals surface area contributed by atoms with Gasteiger partial charge in [-0.05, 0) is 62.4 Å². The van der Waals surface area contributed by atoms with Gasteiger partial charge < -0.3 is 14.1 Å². The molecule has 0 unspecified atom stereocenters. The predicted molar refractivity (Wildman–Crippen MR) is 109 cm³/mol. The maximum atomic E-state index is 12.5. The highest BCUT2D eigenvalue weighted by Crippen LogP contribution is 2.31. The molecule has 0 bridgehead atoms. The highest BCUT2D eigenvalue weighted by Gasteiger charge is 2.12. The van der Waals surface area contributed by atoms with Gasteiger partial charge in [-0.15, -0.1) is 0 Å². The largest absolute Gasteiger partial charge is 0.456 e. The third-order valence-electron chi connectivity index (χ3n) is 4.79. The lowest BCUT2D eigenvalue weighted by molar-refractivity contribution is 0.0735. The highest BCUT2D eigenvalue weighted by atomic mass is 16.5. The van der Waals surface area contributed by atoms with Crippen LogP contribution in [0.15, 0.2) is 71.1 Å². The van der Waals surface area contributed by atoms with Crippen molar-refractivity contribution in [2.24, 2.45) is 0 Å². The third kappa shape index (κ3) is 3.26. The molecule has 0 aliphatic rings. The summed E-state index contributed by atoms with van der Waals surface area (Å²) in [6, 6.07) is 20.8. The highest BCUT2D eigenvalue weighted by molar-refractivity contribution is 6.05. The Bertz CT molecular complexity index is 1090. The number of furan rings is 1. The topological polar surface area (TPSA) is 42.7 Å². The van der Waals surface area contributed by atoms with Crippen molar-refractivity contribution in [1.82, 2.24) is 0 Å². The molecular formula is C23H21NO3. The molecule has 4 rings (SSSR count). The molecule has 4 heteroatoms. The Morgan fingerprint density at radius 1 is 0.889 bits per heavy atom. The van der Waals surface area contributed by atoms with Crippen molar-refractivity contribution in [3.8, 4) is 5.75 Å². The second-order valence-electron chi connectivity index (χ2n) is 6.36. The number of anilines is 1. The molecule has 0 atom stereocenters. The van der Waals surface area contributed by atoms with Gasteiger partial charge in [0.25, 0.3) is 0 Å². The van der Waals surface area contributed by atoms with E-state index in [9.17, 15) is 4.79 Å². The Balaban J connectivity index is 1.58. The van der Waals surface area contributed by atoms with Gasteiger partial charge in [0.1, 0.15) is 16.9 Å². The Hall–Kier alpha value is -3.27. The lowest BCUT2D eigenvalue weighted by atomic mass is 10.1. The van der Waals surface area contributed by atoms with Crippen LogP contribution >= 0.6 is 0 Å². The number of esters is 1. The molecule has 4 nitrogen and oxygen atoms in total. The molecule has 1 heterocycles. The van der Waals surface area contributed by atoms with Crippen LogP contribution in [-0.2, 0) is 0 Å². The van der Waals surface area contributed by atoms with E-state index < -0.39 is 0 Å². The monoisotopic (exact) mass is 359 g/mol. The van der Waals surface area contributed by atoms with Crippen LogP contribution in [0.4, 0.5) is 5.69 Å². The fourth-order valence-electron chi connectivity index (χ4n) is 3.33. The van der Waals surface area contributed by atoms with Crippen molar-refractivity contribution >= 4 is 33.6 Å². The molecule has 1 aromatic heterocycles. The van der Waals surface area contributed by atoms with E-state index in [0.29, 0.717) is 11.3 Å². The minimum atomic E-state index is -0.367. The fraction of sp³-hybridized carbons (Fsp3) is 0.174. The summed E-state index contributed by atoms with van der Waals surface area (Å²) in [4.78, 5) is 14.7. The number of hydrogen-bond acceptors (Lipinski definition) is 4. The van der Waals surface area contributed by atoms with E-state index in [0.717, 1.165) is 40.7 Å². The number of carbonyl (C=O) groups is 1. The average molecular weight is 359 g/mol. The van der Waals surface area contributed by atoms with Crippen molar-refractivity contribution in [3.63, 3.8) is 0 Å². The van der Waals surface area contributed by atoms with Gasteiger partial charge in [-0.3, -0.25) is 0 Å². The number of hydrogen-bond donors (Lipinski definition) is 0. The standard InChI is InChI=1S/C23H21NO3/c1-3-24(4-2)17-11-9-16(10-12-17)23(25)26-18-13-14-22-20(15-18)19-7-5-6-8-21(19)27-22/h5-15H,3-4H2,1-2H3. The van der Waals surface area contributed by atoms with Crippen LogP contribution in [0.5, 0.6) is 5.75 Å². The van der Waals surface area contributed by atoms with E-state index in [2.05, 4.69) is 18.7 Å². The predicted octanol–water partition coefficient (Wildman–Crippen LogP) is 5.65. The maximum absolute atomic E-state index is 12.5. The van der Waals surface area contributed by atoms with Gasteiger partial charge in [0, 0.05) is 29.5 Å². The van der Waals surface area contributed by atoms with Gasteiger partial charge >= 0.3 is 5.97 Å². The van der Waals surface area contributed by atoms with E-state index >= 15 is 0 Å². The van der Waals surface area contributed by atoms with E-state index in [1.807, 2.05) is 60.7 Å². The minimum Gasteiger partial charge on any atom is -0.456 e. The van der Waals surface area contributed by atoms with Crippen LogP contribution in [0, 0.1) is 0 Å². The van der Waals surface area contributed by atoms with Crippen LogP contribution in [0.1, 0.15) is 24.2 Å². The summed E-state index contributed by atoms with van der Waals surface area (Å²) in [6.07, 6.45) is 0. The number of para-hydroxylation sites is 1. The molecular weight excluding hydrogens is 338 g/mol. The number of fused-ring (bicyclic) bond motifs is 3. The Morgan fingerprint density at radius 3 is 2.33 bits per heavy atom. The van der Waals surface area contributed by atoms with E-state index in [4.69, 9.17) is 9.15 Å². The van der Waals surface area contributed by atoms with Gasteiger partial charge in [0.15, 0.2) is 0 Å². The van der Waals surface area contributed by atoms with Crippen LogP contribution in [0.25, 0.3) is 21.9 Å². The summed E-state index contributed by atoms with van der Waals surface area (Å²) in [5.41, 5.74) is 3.23. The van der Waals surface area contributed by atoms with Crippen molar-refractivity contribution in [1.29, 1.82) is 0 Å². The summed E-state index contributed by atoms with van der Waals surface area (Å²) < 4.78 is 11.4. The molecule has 0 amide bonds. The molecule has 0 saturated heterocycles. The Morgan fingerprint density at radius 2 is 1.59 bits per heavy atom. The summed E-state index contributed by atoms with van der Waals surface area (Å²) in [6.45, 7) is 6.08. The number of rotatable bonds is 5. The molecule has 136 valence electrons. The quantitative estimate of drug-likeness (QED) is 0.341. The zero-order valence-electron chi connectivity index (χ0n) is 15.4. The first-order valence-electron chi connectivity index (χ1n) is 9.18. The van der Waals surface area contributed by atoms with E-state index in [1.54, 1.807) is 6.07 Å². The molecule has 0 spiro atoms. The Labute approximate surface area is 158 Å². The molecule has 0 radical (unpaired) electrons. The summed E-state index contributed by atoms with van der Waals surface area (Å²) >= 11 is 0. The molecule has 0 fully saturated rings. The van der Waals surface area contributed by atoms with Crippen molar-refractivity contribution in [2.75, 3.05) is 18.0 Å². The first-order valence-corrected chi connectivity index (χ1v) is 9.18. The first-order chi connectivity index (χ1) is 13.2. The lowest BCUT2D eigenvalue weighted by Crippen LogP contribution is -2.21. The number of ether oxygens (including phenoxy) is 1. The van der Waals surface area contributed by atoms with Crippen LogP contribution in [-0.4, -0.2) is 19.1 Å². The molecule has 0 aliphatic carbocycles. The normalized spacial score (nSPS) is 11.0. The first kappa shape index (κ1) is 17.2. The number of benzene rings is 3. The molecule has 0 N–H and O–H groups in total. The van der Waals surface area contributed by atoms with Gasteiger partial charge in [-0.1, -0.05) is 18.2 Å². The zero-order chi connectivity index (χ0) is 18.8. The molecule has 3 aromatic carbocycles. The lowest BCUT2D eigenvalue weighted by Gasteiger charge is -2.20. The number of carbonyl (C=O) groups excluding carboxylic acids is 1. The fourth-order valence-corrected chi connectivity index (χ4v) is 3.33. The maximum Gasteiger partial charge on any atom is 0.343 e. The number of nitrogens with zero attached hydrogens (tertiary/aromatic N) is 1. The molecule has 0 aliphatic heterocycles. The van der Waals surface area contributed by atoms with Crippen molar-refractivity contribution < 1.29 is 13.9 Å². The van der Waals surface area contributed by atoms with Crippen LogP contribution in [0.3, 0.4) is 0 Å². The molecule has 27 heavy (non-hydrogen) atoms. The van der Waals surface area contributed by atoms with E-state index in [-0.39, 0.29) is 5.97 Å². The average Bonchev–Trinajstić information content (AvgIpc) is 3.07. The summed E-state index contributed by atoms with van der Waals surface area (Å²) in [7, 11) is 0. The van der Waals surface area contributed by atoms with Crippen LogP contribution < -0.4 is 9.64 Å². The molecule has 4 aromatic rings. The summed E-state index contributed by atoms with van der Waals surface area (Å²) in [5, 5.41) is 1.95. The zero-order valence-corrected chi connectivity index (χ0v) is 15.4. The van der Waals surface area contributed by atoms with Crippen molar-refractivity contribution in [3.05, 3.63) is 72.3 Å². The third-order valence-corrected chi connectivity index (χ3v) is 4.79. The smallest absolute Gasteiger partial charge is 0.343 e. The van der Waals surface area contributed by atoms with E-state index in [1.165, 1.54) is 0 Å². The van der Waals surface area contributed by atoms with Crippen molar-refractivity contribution in [2.45, 2.75) is 13.8 Å². The van der Waals surface area contributed by atoms with Gasteiger partial charge in [-0.2, -0.15) is 0 Å². The summed E-state index contributed by atoms with van der Waals surface area (Å²) in [5.74, 6) is 0.139. The molecule has 0 saturated carbocycles. The SMILES string of the molecule is CCN(CC)c1ccc(C(=O)Oc2ccc3oc4ccccc4c3c2)cc1. The van der Waals surface area contributed by atoms with Gasteiger partial charge in [-0.25, -0.2) is 4.79 Å². The Kier molecular flexibility index (Phi) is 4.55. The van der Waals surface area contributed by atoms with Crippen LogP contribution in [0.2, 0.25) is 0 Å². The second-order valence-corrected chi connectivity index (χ2v) is 6.36. The van der Waals surface area contributed by atoms with Gasteiger partial charge in [0.05, 0.1) is 5.56 Å². The second kappa shape index (κ2) is 7.16.